The second-order valence-electron chi connectivity index (χ2n) is 4.68. The molecule has 0 fully saturated rings. The van der Waals surface area contributed by atoms with Gasteiger partial charge in [0.25, 0.3) is 0 Å². The highest BCUT2D eigenvalue weighted by Gasteiger charge is 2.07. The van der Waals surface area contributed by atoms with Crippen LogP contribution in [0, 0.1) is 0 Å². The van der Waals surface area contributed by atoms with Crippen LogP contribution in [0.3, 0.4) is 0 Å². The van der Waals surface area contributed by atoms with Crippen molar-refractivity contribution in [2.45, 2.75) is 12.5 Å². The van der Waals surface area contributed by atoms with Crippen LogP contribution in [0.2, 0.25) is 5.02 Å². The molecular weight excluding hydrogens is 292 g/mol. The van der Waals surface area contributed by atoms with Crippen molar-refractivity contribution in [1.29, 1.82) is 0 Å². The van der Waals surface area contributed by atoms with Gasteiger partial charge >= 0.3 is 0 Å². The molecule has 2 aromatic rings. The number of halogens is 1. The highest BCUT2D eigenvalue weighted by Crippen LogP contribution is 2.22. The van der Waals surface area contributed by atoms with E-state index in [0.29, 0.717) is 23.9 Å². The smallest absolute Gasteiger partial charge is 0.151 e. The molecule has 2 rings (SSSR count). The second-order valence-corrected chi connectivity index (χ2v) is 5.09. The third-order valence-electron chi connectivity index (χ3n) is 2.82. The minimum absolute atomic E-state index is 0.193. The number of hydrogen-bond donors (Lipinski definition) is 2. The fraction of sp³-hybridized carbons (Fsp3) is 0.429. The summed E-state index contributed by atoms with van der Waals surface area (Å²) < 4.78 is 7.14. The van der Waals surface area contributed by atoms with Gasteiger partial charge in [-0.1, -0.05) is 23.7 Å². The van der Waals surface area contributed by atoms with Crippen LogP contribution in [0.25, 0.3) is 0 Å². The number of rotatable bonds is 8. The van der Waals surface area contributed by atoms with Crippen LogP contribution < -0.4 is 10.1 Å². The lowest BCUT2D eigenvalue weighted by molar-refractivity contribution is 0.106. The van der Waals surface area contributed by atoms with Crippen LogP contribution in [-0.2, 0) is 13.5 Å². The van der Waals surface area contributed by atoms with Crippen LogP contribution in [0.5, 0.6) is 5.75 Å². The zero-order valence-corrected chi connectivity index (χ0v) is 12.6. The fourth-order valence-corrected chi connectivity index (χ4v) is 1.96. The Labute approximate surface area is 128 Å². The van der Waals surface area contributed by atoms with E-state index in [1.54, 1.807) is 23.1 Å². The number of hydrogen-bond acceptors (Lipinski definition) is 5. The maximum absolute atomic E-state index is 9.84. The van der Waals surface area contributed by atoms with Gasteiger partial charge in [-0.2, -0.15) is 5.10 Å². The van der Waals surface area contributed by atoms with E-state index in [1.807, 2.05) is 19.2 Å². The van der Waals surface area contributed by atoms with E-state index >= 15 is 0 Å². The molecule has 7 heteroatoms. The lowest BCUT2D eigenvalue weighted by atomic mass is 10.3. The zero-order valence-electron chi connectivity index (χ0n) is 11.9. The van der Waals surface area contributed by atoms with Gasteiger partial charge in [0.2, 0.25) is 0 Å². The van der Waals surface area contributed by atoms with Crippen molar-refractivity contribution in [1.82, 2.24) is 20.1 Å². The van der Waals surface area contributed by atoms with Crippen molar-refractivity contribution in [2.24, 2.45) is 7.05 Å². The molecule has 0 aliphatic rings. The van der Waals surface area contributed by atoms with E-state index in [1.165, 1.54) is 0 Å². The van der Waals surface area contributed by atoms with Crippen molar-refractivity contribution in [3.05, 3.63) is 41.4 Å². The third kappa shape index (κ3) is 5.34. The number of benzene rings is 1. The maximum atomic E-state index is 9.84. The fourth-order valence-electron chi connectivity index (χ4n) is 1.77. The van der Waals surface area contributed by atoms with Crippen LogP contribution >= 0.6 is 11.6 Å². The number of ether oxygens (including phenoxy) is 1. The van der Waals surface area contributed by atoms with Crippen molar-refractivity contribution in [3.8, 4) is 5.75 Å². The van der Waals surface area contributed by atoms with E-state index in [0.717, 1.165) is 12.2 Å². The highest BCUT2D eigenvalue weighted by atomic mass is 35.5. The number of nitrogens with one attached hydrogen (secondary N) is 1. The number of aryl methyl sites for hydroxylation is 1. The van der Waals surface area contributed by atoms with Crippen LogP contribution in [0.4, 0.5) is 0 Å². The number of nitrogens with zero attached hydrogens (tertiary/aromatic N) is 3. The first-order chi connectivity index (χ1) is 10.1. The molecule has 2 N–H and O–H groups in total. The van der Waals surface area contributed by atoms with Gasteiger partial charge in [0, 0.05) is 26.6 Å². The van der Waals surface area contributed by atoms with Gasteiger partial charge in [-0.05, 0) is 12.1 Å². The quantitative estimate of drug-likeness (QED) is 0.713. The zero-order chi connectivity index (χ0) is 15.1. The molecule has 6 nitrogen and oxygen atoms in total. The molecule has 114 valence electrons. The summed E-state index contributed by atoms with van der Waals surface area (Å²) in [6.45, 7) is 1.34. The summed E-state index contributed by atoms with van der Waals surface area (Å²) in [4.78, 5) is 4.13. The van der Waals surface area contributed by atoms with Crippen molar-refractivity contribution >= 4 is 11.6 Å². The van der Waals surface area contributed by atoms with Gasteiger partial charge in [-0.3, -0.25) is 4.68 Å². The molecule has 0 aliphatic heterocycles. The predicted octanol–water partition coefficient (Wildman–Crippen LogP) is 1.04. The Kier molecular flexibility index (Phi) is 5.98. The van der Waals surface area contributed by atoms with E-state index in [4.69, 9.17) is 16.3 Å². The minimum Gasteiger partial charge on any atom is -0.489 e. The Balaban J connectivity index is 1.61. The Morgan fingerprint density at radius 3 is 2.95 bits per heavy atom. The van der Waals surface area contributed by atoms with Gasteiger partial charge in [0.15, 0.2) is 5.82 Å². The lowest BCUT2D eigenvalue weighted by Crippen LogP contribution is -2.32. The van der Waals surface area contributed by atoms with Gasteiger partial charge < -0.3 is 15.2 Å². The SMILES string of the molecule is Cn1cnc(CCNCC(O)COc2ccccc2Cl)n1. The number of aliphatic hydroxyl groups excluding tert-OH is 1. The van der Waals surface area contributed by atoms with Crippen molar-refractivity contribution < 1.29 is 9.84 Å². The predicted molar refractivity (Wildman–Crippen MR) is 80.5 cm³/mol. The Bertz CT molecular complexity index is 561. The summed E-state index contributed by atoms with van der Waals surface area (Å²) >= 11 is 5.97. The average molecular weight is 311 g/mol. The topological polar surface area (TPSA) is 72.2 Å². The molecule has 21 heavy (non-hydrogen) atoms. The molecule has 0 amide bonds. The monoisotopic (exact) mass is 310 g/mol. The second kappa shape index (κ2) is 7.97. The molecule has 1 heterocycles. The Hall–Kier alpha value is -1.63. The molecule has 0 aliphatic carbocycles. The molecule has 0 saturated heterocycles. The summed E-state index contributed by atoms with van der Waals surface area (Å²) in [5, 5.41) is 17.7. The van der Waals surface area contributed by atoms with Crippen LogP contribution in [0.15, 0.2) is 30.6 Å². The summed E-state index contributed by atoms with van der Waals surface area (Å²) in [7, 11) is 1.83. The first-order valence-electron chi connectivity index (χ1n) is 6.76. The van der Waals surface area contributed by atoms with Crippen LogP contribution in [-0.4, -0.2) is 45.7 Å². The minimum atomic E-state index is -0.599. The van der Waals surface area contributed by atoms with Crippen molar-refractivity contribution in [3.63, 3.8) is 0 Å². The van der Waals surface area contributed by atoms with Crippen LogP contribution in [0.1, 0.15) is 5.82 Å². The molecule has 0 saturated carbocycles. The molecular formula is C14H19ClN4O2. The Morgan fingerprint density at radius 1 is 1.43 bits per heavy atom. The normalized spacial score (nSPS) is 12.3. The van der Waals surface area contributed by atoms with E-state index < -0.39 is 6.10 Å². The third-order valence-corrected chi connectivity index (χ3v) is 3.13. The summed E-state index contributed by atoms with van der Waals surface area (Å²) in [6.07, 6.45) is 1.79. The number of para-hydroxylation sites is 1. The van der Waals surface area contributed by atoms with Gasteiger partial charge in [-0.15, -0.1) is 0 Å². The van der Waals surface area contributed by atoms with Crippen molar-refractivity contribution in [2.75, 3.05) is 19.7 Å². The van der Waals surface area contributed by atoms with Gasteiger partial charge in [0.05, 0.1) is 5.02 Å². The summed E-state index contributed by atoms with van der Waals surface area (Å²) in [5.41, 5.74) is 0. The van der Waals surface area contributed by atoms with E-state index in [2.05, 4.69) is 15.4 Å². The molecule has 1 atom stereocenters. The summed E-state index contributed by atoms with van der Waals surface area (Å²) in [5.74, 6) is 1.36. The molecule has 0 bridgehead atoms. The number of aromatic nitrogens is 3. The molecule has 1 aromatic carbocycles. The first-order valence-corrected chi connectivity index (χ1v) is 7.13. The Morgan fingerprint density at radius 2 is 2.24 bits per heavy atom. The molecule has 1 aromatic heterocycles. The molecule has 1 unspecified atom stereocenters. The summed E-state index contributed by atoms with van der Waals surface area (Å²) in [6, 6.07) is 7.20. The maximum Gasteiger partial charge on any atom is 0.151 e. The van der Waals surface area contributed by atoms with Gasteiger partial charge in [0.1, 0.15) is 24.8 Å². The van der Waals surface area contributed by atoms with Gasteiger partial charge in [-0.25, -0.2) is 4.98 Å². The molecule has 0 spiro atoms. The first kappa shape index (κ1) is 15.8. The van der Waals surface area contributed by atoms with E-state index in [9.17, 15) is 5.11 Å². The highest BCUT2D eigenvalue weighted by molar-refractivity contribution is 6.32. The number of aliphatic hydroxyl groups is 1. The van der Waals surface area contributed by atoms with E-state index in [-0.39, 0.29) is 6.61 Å². The standard InChI is InChI=1S/C14H19ClN4O2/c1-19-10-17-14(18-19)6-7-16-8-11(20)9-21-13-5-3-2-4-12(13)15/h2-5,10-11,16,20H,6-9H2,1H3. The molecule has 0 radical (unpaired) electrons. The average Bonchev–Trinajstić information content (AvgIpc) is 2.88. The largest absolute Gasteiger partial charge is 0.489 e. The lowest BCUT2D eigenvalue weighted by Gasteiger charge is -2.13.